The predicted octanol–water partition coefficient (Wildman–Crippen LogP) is 4.03. The van der Waals surface area contributed by atoms with E-state index < -0.39 is 6.03 Å². The molecule has 0 aliphatic rings. The van der Waals surface area contributed by atoms with Gasteiger partial charge in [0.05, 0.1) is 24.2 Å². The predicted molar refractivity (Wildman–Crippen MR) is 103 cm³/mol. The number of carbonyl (C=O) groups is 1. The Labute approximate surface area is 152 Å². The monoisotopic (exact) mass is 348 g/mol. The summed E-state index contributed by atoms with van der Waals surface area (Å²) in [5, 5.41) is 6.75. The lowest BCUT2D eigenvalue weighted by atomic mass is 10.3. The Morgan fingerprint density at radius 1 is 1.08 bits per heavy atom. The second-order valence-electron chi connectivity index (χ2n) is 5.39. The second-order valence-corrected chi connectivity index (χ2v) is 5.39. The van der Waals surface area contributed by atoms with Gasteiger partial charge in [-0.1, -0.05) is 30.3 Å². The number of nitrogens with one attached hydrogen (secondary N) is 2. The largest absolute Gasteiger partial charge is 0.492 e. The molecule has 1 heterocycles. The van der Waals surface area contributed by atoms with Gasteiger partial charge < -0.3 is 14.6 Å². The van der Waals surface area contributed by atoms with Gasteiger partial charge in [-0.15, -0.1) is 0 Å². The molecule has 0 spiro atoms. The molecule has 26 heavy (non-hydrogen) atoms. The fraction of sp³-hybridized carbons (Fsp3) is 0.100. The van der Waals surface area contributed by atoms with Crippen LogP contribution < -0.4 is 15.5 Å². The number of hydrogen-bond acceptors (Lipinski definition) is 3. The van der Waals surface area contributed by atoms with E-state index in [0.717, 1.165) is 11.4 Å². The fourth-order valence-electron chi connectivity index (χ4n) is 2.48. The number of urea groups is 1. The Bertz CT molecular complexity index is 888. The molecule has 1 aromatic heterocycles. The molecule has 3 aromatic rings. The quantitative estimate of drug-likeness (QED) is 0.522. The lowest BCUT2D eigenvalue weighted by molar-refractivity contribution is 0.252. The van der Waals surface area contributed by atoms with Crippen molar-refractivity contribution in [1.29, 1.82) is 0 Å². The summed E-state index contributed by atoms with van der Waals surface area (Å²) in [5.41, 5.74) is 4.94. The van der Waals surface area contributed by atoms with Gasteiger partial charge in [0, 0.05) is 11.9 Å². The number of aromatic nitrogens is 1. The highest BCUT2D eigenvalue weighted by molar-refractivity contribution is 5.91. The summed E-state index contributed by atoms with van der Waals surface area (Å²) >= 11 is 0. The molecular formula is C20H20N4O2. The van der Waals surface area contributed by atoms with Crippen LogP contribution in [0.1, 0.15) is 12.6 Å². The zero-order valence-electron chi connectivity index (χ0n) is 14.4. The number of anilines is 1. The molecular weight excluding hydrogens is 328 g/mol. The summed E-state index contributed by atoms with van der Waals surface area (Å²) in [6.07, 6.45) is 3.54. The molecule has 0 bridgehead atoms. The molecule has 0 saturated heterocycles. The molecule has 0 atom stereocenters. The van der Waals surface area contributed by atoms with Crippen molar-refractivity contribution in [2.75, 3.05) is 11.9 Å². The van der Waals surface area contributed by atoms with E-state index in [1.165, 1.54) is 0 Å². The molecule has 2 amide bonds. The molecule has 0 saturated carbocycles. The Morgan fingerprint density at radius 3 is 2.65 bits per heavy atom. The van der Waals surface area contributed by atoms with Gasteiger partial charge in [0.15, 0.2) is 0 Å². The number of rotatable bonds is 6. The molecule has 0 aliphatic heterocycles. The summed E-state index contributed by atoms with van der Waals surface area (Å²) in [7, 11) is 0. The van der Waals surface area contributed by atoms with Crippen molar-refractivity contribution in [3.8, 4) is 11.4 Å². The van der Waals surface area contributed by atoms with Gasteiger partial charge in [0.25, 0.3) is 0 Å². The summed E-state index contributed by atoms with van der Waals surface area (Å²) < 4.78 is 7.46. The standard InChI is InChI=1S/C20H20N4O2/c1-2-26-19-13-7-6-12-18(19)22-20(25)23-21-15-17-11-8-14-24(17)16-9-4-3-5-10-16/h3-15H,2H2,1H3,(H2,22,23,25)/b21-15+. The van der Waals surface area contributed by atoms with Gasteiger partial charge in [-0.2, -0.15) is 5.10 Å². The zero-order valence-corrected chi connectivity index (χ0v) is 14.4. The van der Waals surface area contributed by atoms with Crippen molar-refractivity contribution in [1.82, 2.24) is 9.99 Å². The van der Waals surface area contributed by atoms with E-state index in [2.05, 4.69) is 15.8 Å². The number of hydrazone groups is 1. The van der Waals surface area contributed by atoms with Crippen LogP contribution in [-0.2, 0) is 0 Å². The van der Waals surface area contributed by atoms with Crippen LogP contribution in [0.3, 0.4) is 0 Å². The van der Waals surface area contributed by atoms with E-state index in [0.29, 0.717) is 18.0 Å². The first-order chi connectivity index (χ1) is 12.8. The molecule has 0 unspecified atom stereocenters. The van der Waals surface area contributed by atoms with E-state index in [-0.39, 0.29) is 0 Å². The first kappa shape index (κ1) is 17.3. The van der Waals surface area contributed by atoms with Crippen molar-refractivity contribution in [2.45, 2.75) is 6.92 Å². The molecule has 0 aliphatic carbocycles. The van der Waals surface area contributed by atoms with E-state index in [1.54, 1.807) is 18.3 Å². The van der Waals surface area contributed by atoms with Crippen LogP contribution in [0.25, 0.3) is 5.69 Å². The van der Waals surface area contributed by atoms with Gasteiger partial charge in [-0.05, 0) is 43.3 Å². The Hall–Kier alpha value is -3.54. The lowest BCUT2D eigenvalue weighted by Crippen LogP contribution is -2.24. The lowest BCUT2D eigenvalue weighted by Gasteiger charge is -2.10. The van der Waals surface area contributed by atoms with Crippen molar-refractivity contribution in [2.24, 2.45) is 5.10 Å². The minimum atomic E-state index is -0.439. The maximum absolute atomic E-state index is 12.1. The molecule has 0 radical (unpaired) electrons. The number of carbonyl (C=O) groups excluding carboxylic acids is 1. The van der Waals surface area contributed by atoms with E-state index in [9.17, 15) is 4.79 Å². The number of nitrogens with zero attached hydrogens (tertiary/aromatic N) is 2. The summed E-state index contributed by atoms with van der Waals surface area (Å²) in [6.45, 7) is 2.41. The maximum atomic E-state index is 12.1. The highest BCUT2D eigenvalue weighted by Gasteiger charge is 2.06. The van der Waals surface area contributed by atoms with Gasteiger partial charge in [-0.3, -0.25) is 0 Å². The van der Waals surface area contributed by atoms with Crippen molar-refractivity contribution >= 4 is 17.9 Å². The van der Waals surface area contributed by atoms with Crippen molar-refractivity contribution < 1.29 is 9.53 Å². The third kappa shape index (κ3) is 4.30. The van der Waals surface area contributed by atoms with Gasteiger partial charge in [0.1, 0.15) is 5.75 Å². The average Bonchev–Trinajstić information content (AvgIpc) is 3.13. The summed E-state index contributed by atoms with van der Waals surface area (Å²) in [5.74, 6) is 0.618. The zero-order chi connectivity index (χ0) is 18.2. The molecule has 132 valence electrons. The molecule has 2 aromatic carbocycles. The molecule has 0 fully saturated rings. The third-order valence-electron chi connectivity index (χ3n) is 3.61. The van der Waals surface area contributed by atoms with Crippen molar-refractivity contribution in [3.63, 3.8) is 0 Å². The van der Waals surface area contributed by atoms with Crippen LogP contribution in [0.2, 0.25) is 0 Å². The third-order valence-corrected chi connectivity index (χ3v) is 3.61. The highest BCUT2D eigenvalue weighted by Crippen LogP contribution is 2.23. The number of benzene rings is 2. The SMILES string of the molecule is CCOc1ccccc1NC(=O)N/N=C/c1cccn1-c1ccccc1. The van der Waals surface area contributed by atoms with Gasteiger partial charge >= 0.3 is 6.03 Å². The van der Waals surface area contributed by atoms with Crippen molar-refractivity contribution in [3.05, 3.63) is 78.6 Å². The first-order valence-corrected chi connectivity index (χ1v) is 8.32. The second kappa shape index (κ2) is 8.53. The molecule has 6 nitrogen and oxygen atoms in total. The highest BCUT2D eigenvalue weighted by atomic mass is 16.5. The topological polar surface area (TPSA) is 67.7 Å². The Kier molecular flexibility index (Phi) is 5.67. The Balaban J connectivity index is 1.63. The van der Waals surface area contributed by atoms with Gasteiger partial charge in [0.2, 0.25) is 0 Å². The maximum Gasteiger partial charge on any atom is 0.339 e. The number of para-hydroxylation sites is 3. The van der Waals surface area contributed by atoms with E-state index >= 15 is 0 Å². The average molecular weight is 348 g/mol. The van der Waals surface area contributed by atoms with Crippen LogP contribution in [0.5, 0.6) is 5.75 Å². The molecule has 3 rings (SSSR count). The first-order valence-electron chi connectivity index (χ1n) is 8.32. The minimum Gasteiger partial charge on any atom is -0.492 e. The summed E-state index contributed by atoms with van der Waals surface area (Å²) in [4.78, 5) is 12.1. The van der Waals surface area contributed by atoms with Crippen LogP contribution in [0, 0.1) is 0 Å². The minimum absolute atomic E-state index is 0.439. The fourth-order valence-corrected chi connectivity index (χ4v) is 2.48. The Morgan fingerprint density at radius 2 is 1.85 bits per heavy atom. The number of ether oxygens (including phenoxy) is 1. The normalized spacial score (nSPS) is 10.7. The van der Waals surface area contributed by atoms with Gasteiger partial charge in [-0.25, -0.2) is 10.2 Å². The molecule has 6 heteroatoms. The van der Waals surface area contributed by atoms with Crippen LogP contribution in [-0.4, -0.2) is 23.4 Å². The van der Waals surface area contributed by atoms with E-state index in [1.807, 2.05) is 72.3 Å². The smallest absolute Gasteiger partial charge is 0.339 e. The molecule has 2 N–H and O–H groups in total. The van der Waals surface area contributed by atoms with Crippen LogP contribution in [0.15, 0.2) is 78.0 Å². The number of amides is 2. The van der Waals surface area contributed by atoms with Crippen LogP contribution in [0.4, 0.5) is 10.5 Å². The van der Waals surface area contributed by atoms with E-state index in [4.69, 9.17) is 4.74 Å². The number of hydrogen-bond donors (Lipinski definition) is 2. The summed E-state index contributed by atoms with van der Waals surface area (Å²) in [6, 6.07) is 20.6. The van der Waals surface area contributed by atoms with Crippen LogP contribution >= 0.6 is 0 Å².